The maximum absolute atomic E-state index is 14.4. The fraction of sp³-hybridized carbons (Fsp3) is 0.410. The summed E-state index contributed by atoms with van der Waals surface area (Å²) in [4.78, 5) is 41.3. The van der Waals surface area contributed by atoms with Gasteiger partial charge in [-0.2, -0.15) is 0 Å². The van der Waals surface area contributed by atoms with Crippen LogP contribution in [0, 0.1) is 0 Å². The van der Waals surface area contributed by atoms with E-state index < -0.39 is 36.6 Å². The Kier molecular flexibility index (Phi) is 14.0. The average Bonchev–Trinajstić information content (AvgIpc) is 3.16. The molecule has 3 aromatic rings. The minimum absolute atomic E-state index is 0.239. The number of rotatable bonds is 18. The molecule has 1 fully saturated rings. The van der Waals surface area contributed by atoms with Gasteiger partial charge in [-0.3, -0.25) is 4.79 Å². The number of benzene rings is 3. The van der Waals surface area contributed by atoms with Crippen LogP contribution in [0.5, 0.6) is 34.5 Å². The molecule has 0 radical (unpaired) electrons. The normalized spacial score (nSPS) is 15.2. The van der Waals surface area contributed by atoms with Gasteiger partial charge in [0.05, 0.1) is 41.5 Å². The van der Waals surface area contributed by atoms with Gasteiger partial charge >= 0.3 is 11.9 Å². The number of carbonyl (C=O) groups excluding carboxylic acids is 2. The average molecular weight is 706 g/mol. The molecule has 1 aliphatic heterocycles. The molecule has 0 bridgehead atoms. The third-order valence-electron chi connectivity index (χ3n) is 8.84. The van der Waals surface area contributed by atoms with Gasteiger partial charge in [0.1, 0.15) is 17.9 Å². The lowest BCUT2D eigenvalue weighted by Gasteiger charge is -2.37. The highest BCUT2D eigenvalue weighted by molar-refractivity contribution is 5.89. The van der Waals surface area contributed by atoms with Crippen molar-refractivity contribution in [2.45, 2.75) is 56.6 Å². The second-order valence-corrected chi connectivity index (χ2v) is 12.0. The summed E-state index contributed by atoms with van der Waals surface area (Å²) >= 11 is 0. The van der Waals surface area contributed by atoms with Gasteiger partial charge in [-0.1, -0.05) is 24.3 Å². The Balaban J connectivity index is 1.63. The molecule has 274 valence electrons. The lowest BCUT2D eigenvalue weighted by atomic mass is 9.91. The molecular formula is C39H47NO11. The molecular weight excluding hydrogens is 658 g/mol. The number of esters is 1. The summed E-state index contributed by atoms with van der Waals surface area (Å²) in [5.41, 5.74) is 2.19. The van der Waals surface area contributed by atoms with E-state index in [9.17, 15) is 14.4 Å². The van der Waals surface area contributed by atoms with E-state index in [2.05, 4.69) is 6.58 Å². The maximum atomic E-state index is 14.4. The molecule has 12 heteroatoms. The number of ether oxygens (including phenoxy) is 7. The van der Waals surface area contributed by atoms with Gasteiger partial charge < -0.3 is 43.2 Å². The highest BCUT2D eigenvalue weighted by atomic mass is 16.5. The lowest BCUT2D eigenvalue weighted by Crippen LogP contribution is -2.50. The van der Waals surface area contributed by atoms with Crippen LogP contribution in [-0.2, 0) is 25.5 Å². The molecule has 1 heterocycles. The summed E-state index contributed by atoms with van der Waals surface area (Å²) in [5.74, 6) is 0.176. The quantitative estimate of drug-likeness (QED) is 0.120. The van der Waals surface area contributed by atoms with Gasteiger partial charge in [0.25, 0.3) is 0 Å². The van der Waals surface area contributed by atoms with Crippen LogP contribution in [0.2, 0.25) is 0 Å². The van der Waals surface area contributed by atoms with Crippen molar-refractivity contribution < 1.29 is 52.6 Å². The van der Waals surface area contributed by atoms with Crippen molar-refractivity contribution >= 4 is 17.8 Å². The Morgan fingerprint density at radius 2 is 1.57 bits per heavy atom. The van der Waals surface area contributed by atoms with E-state index in [0.717, 1.165) is 18.4 Å². The first-order chi connectivity index (χ1) is 24.7. The lowest BCUT2D eigenvalue weighted by molar-refractivity contribution is -0.162. The number of allylic oxidation sites excluding steroid dienone is 1. The summed E-state index contributed by atoms with van der Waals surface area (Å²) in [6, 6.07) is 15.1. The monoisotopic (exact) mass is 705 g/mol. The third kappa shape index (κ3) is 9.65. The van der Waals surface area contributed by atoms with Crippen molar-refractivity contribution in [2.75, 3.05) is 48.7 Å². The number of aryl methyl sites for hydroxylation is 1. The zero-order valence-electron chi connectivity index (χ0n) is 29.8. The molecule has 1 unspecified atom stereocenters. The van der Waals surface area contributed by atoms with Crippen molar-refractivity contribution in [1.29, 1.82) is 0 Å². The van der Waals surface area contributed by atoms with Crippen LogP contribution in [0.25, 0.3) is 0 Å². The molecule has 4 rings (SSSR count). The highest BCUT2D eigenvalue weighted by Crippen LogP contribution is 2.42. The molecule has 3 aromatic carbocycles. The number of hydrogen-bond donors (Lipinski definition) is 1. The molecule has 3 atom stereocenters. The van der Waals surface area contributed by atoms with Gasteiger partial charge in [0.2, 0.25) is 11.7 Å². The van der Waals surface area contributed by atoms with E-state index in [0.29, 0.717) is 77.9 Å². The standard InChI is InChI=1S/C39H47NO11/c1-7-11-29(27-22-34(47-4)37(49-6)35(23-27)48-5)38(43)40-19-9-8-14-30(40)39(44)51-31(26-12-10-13-28(21-26)50-24-36(41)42)17-15-25-16-18-32(45-2)33(20-25)46-3/h7,10,12-13,16,18,20-23,29-31H,1,8-9,11,14-15,17,19,24H2,2-6H3,(H,41,42)/t29-,30+,31?/m1/s1. The smallest absolute Gasteiger partial charge is 0.341 e. The van der Waals surface area contributed by atoms with Crippen molar-refractivity contribution in [1.82, 2.24) is 4.90 Å². The molecule has 0 aliphatic carbocycles. The number of amides is 1. The van der Waals surface area contributed by atoms with Gasteiger partial charge in [-0.15, -0.1) is 6.58 Å². The Morgan fingerprint density at radius 1 is 0.863 bits per heavy atom. The van der Waals surface area contributed by atoms with Crippen molar-refractivity contribution in [3.8, 4) is 34.5 Å². The number of hydrogen-bond acceptors (Lipinski definition) is 10. The summed E-state index contributed by atoms with van der Waals surface area (Å²) in [5, 5.41) is 9.13. The summed E-state index contributed by atoms with van der Waals surface area (Å²) < 4.78 is 39.1. The van der Waals surface area contributed by atoms with Gasteiger partial charge in [0.15, 0.2) is 29.6 Å². The van der Waals surface area contributed by atoms with Gasteiger partial charge in [0, 0.05) is 6.54 Å². The SMILES string of the molecule is C=CC[C@@H](C(=O)N1CCCC[C@H]1C(=O)OC(CCc1ccc(OC)c(OC)c1)c1cccc(OCC(=O)O)c1)c1cc(OC)c(OC)c(OC)c1. The van der Waals surface area contributed by atoms with Crippen molar-refractivity contribution in [2.24, 2.45) is 0 Å². The number of carbonyl (C=O) groups is 3. The first-order valence-electron chi connectivity index (χ1n) is 16.7. The second-order valence-electron chi connectivity index (χ2n) is 12.0. The largest absolute Gasteiger partial charge is 0.493 e. The third-order valence-corrected chi connectivity index (χ3v) is 8.84. The Bertz CT molecular complexity index is 1650. The van der Waals surface area contributed by atoms with Crippen LogP contribution >= 0.6 is 0 Å². The van der Waals surface area contributed by atoms with E-state index in [1.165, 1.54) is 21.3 Å². The van der Waals surface area contributed by atoms with E-state index in [1.54, 1.807) is 61.6 Å². The maximum Gasteiger partial charge on any atom is 0.341 e. The number of methoxy groups -OCH3 is 5. The number of carboxylic acid groups (broad SMARTS) is 1. The van der Waals surface area contributed by atoms with E-state index in [4.69, 9.17) is 38.3 Å². The molecule has 0 aromatic heterocycles. The van der Waals surface area contributed by atoms with Gasteiger partial charge in [-0.25, -0.2) is 9.59 Å². The predicted octanol–water partition coefficient (Wildman–Crippen LogP) is 6.15. The molecule has 1 amide bonds. The van der Waals surface area contributed by atoms with Gasteiger partial charge in [-0.05, 0) is 91.6 Å². The topological polar surface area (TPSA) is 139 Å². The fourth-order valence-electron chi connectivity index (χ4n) is 6.29. The van der Waals surface area contributed by atoms with Crippen LogP contribution in [0.1, 0.15) is 60.8 Å². The summed E-state index contributed by atoms with van der Waals surface area (Å²) in [6.45, 7) is 3.75. The zero-order chi connectivity index (χ0) is 36.9. The van der Waals surface area contributed by atoms with Crippen molar-refractivity contribution in [3.05, 3.63) is 83.9 Å². The summed E-state index contributed by atoms with van der Waals surface area (Å²) in [7, 11) is 7.66. The predicted molar refractivity (Wildman–Crippen MR) is 189 cm³/mol. The first-order valence-corrected chi connectivity index (χ1v) is 16.7. The van der Waals surface area contributed by atoms with E-state index in [-0.39, 0.29) is 5.91 Å². The Morgan fingerprint density at radius 3 is 2.20 bits per heavy atom. The molecule has 12 nitrogen and oxygen atoms in total. The molecule has 0 spiro atoms. The van der Waals surface area contributed by atoms with E-state index in [1.807, 2.05) is 18.2 Å². The number of nitrogens with zero attached hydrogens (tertiary/aromatic N) is 1. The van der Waals surface area contributed by atoms with Crippen LogP contribution in [0.3, 0.4) is 0 Å². The summed E-state index contributed by atoms with van der Waals surface area (Å²) in [6.07, 6.45) is 4.05. The minimum Gasteiger partial charge on any atom is -0.493 e. The van der Waals surface area contributed by atoms with Crippen LogP contribution in [0.4, 0.5) is 0 Å². The second kappa shape index (κ2) is 18.6. The molecule has 1 N–H and O–H groups in total. The van der Waals surface area contributed by atoms with Crippen molar-refractivity contribution in [3.63, 3.8) is 0 Å². The first kappa shape index (κ1) is 38.4. The molecule has 51 heavy (non-hydrogen) atoms. The van der Waals surface area contributed by atoms with Crippen LogP contribution in [-0.4, -0.2) is 82.6 Å². The molecule has 0 saturated carbocycles. The highest BCUT2D eigenvalue weighted by Gasteiger charge is 2.38. The number of piperidine rings is 1. The fourth-order valence-corrected chi connectivity index (χ4v) is 6.29. The Hall–Kier alpha value is -5.39. The van der Waals surface area contributed by atoms with Crippen LogP contribution < -0.4 is 28.4 Å². The minimum atomic E-state index is -1.11. The number of carboxylic acids is 1. The number of likely N-dealkylation sites (tertiary alicyclic amines) is 1. The van der Waals surface area contributed by atoms with Crippen LogP contribution in [0.15, 0.2) is 67.3 Å². The Labute approximate surface area is 298 Å². The molecule has 1 aliphatic rings. The number of aliphatic carboxylic acids is 1. The zero-order valence-corrected chi connectivity index (χ0v) is 29.8. The molecule has 1 saturated heterocycles. The van der Waals surface area contributed by atoms with E-state index >= 15 is 0 Å².